The normalized spacial score (nSPS) is 15.9. The van der Waals surface area contributed by atoms with Gasteiger partial charge in [0.05, 0.1) is 26.9 Å². The Morgan fingerprint density at radius 3 is 2.79 bits per heavy atom. The van der Waals surface area contributed by atoms with Gasteiger partial charge < -0.3 is 19.1 Å². The Balaban J connectivity index is 1.41. The number of nitrogens with zero attached hydrogens (tertiary/aromatic N) is 8. The highest BCUT2D eigenvalue weighted by molar-refractivity contribution is 5.76. The van der Waals surface area contributed by atoms with Gasteiger partial charge in [-0.3, -0.25) is 14.3 Å². The zero-order valence-electron chi connectivity index (χ0n) is 21.8. The number of rotatable bonds is 5. The van der Waals surface area contributed by atoms with Crippen LogP contribution >= 0.6 is 0 Å². The second kappa shape index (κ2) is 11.2. The summed E-state index contributed by atoms with van der Waals surface area (Å²) >= 11 is 0. The van der Waals surface area contributed by atoms with Crippen molar-refractivity contribution in [3.05, 3.63) is 66.2 Å². The lowest BCUT2D eigenvalue weighted by Crippen LogP contribution is -2.37. The summed E-state index contributed by atoms with van der Waals surface area (Å²) < 4.78 is 20.7. The second-order valence-corrected chi connectivity index (χ2v) is 9.55. The first-order chi connectivity index (χ1) is 19.2. The maximum absolute atomic E-state index is 13.4. The molecule has 0 aliphatic carbocycles. The minimum atomic E-state index is -0.107. The van der Waals surface area contributed by atoms with Crippen LogP contribution in [0.5, 0.6) is 11.5 Å². The highest BCUT2D eigenvalue weighted by atomic mass is 16.5. The van der Waals surface area contributed by atoms with Crippen LogP contribution in [0, 0.1) is 0 Å². The number of benzene rings is 2. The third-order valence-corrected chi connectivity index (χ3v) is 6.92. The van der Waals surface area contributed by atoms with Crippen LogP contribution in [0.25, 0.3) is 17.1 Å². The molecule has 0 radical (unpaired) electrons. The molecule has 0 N–H and O–H groups in total. The van der Waals surface area contributed by atoms with Gasteiger partial charge in [-0.2, -0.15) is 0 Å². The van der Waals surface area contributed by atoms with Crippen LogP contribution in [0.2, 0.25) is 0 Å². The molecule has 0 spiro atoms. The monoisotopic (exact) mass is 530 g/mol. The summed E-state index contributed by atoms with van der Waals surface area (Å²) in [6, 6.07) is 12.3. The van der Waals surface area contributed by atoms with Gasteiger partial charge in [-0.25, -0.2) is 9.67 Å². The topological polar surface area (TPSA) is 113 Å². The molecular weight excluding hydrogens is 500 g/mol. The average Bonchev–Trinajstić information content (AvgIpc) is 3.65. The molecule has 202 valence electrons. The van der Waals surface area contributed by atoms with Gasteiger partial charge in [-0.05, 0) is 51.9 Å². The average molecular weight is 531 g/mol. The van der Waals surface area contributed by atoms with Crippen molar-refractivity contribution < 1.29 is 19.0 Å². The fraction of sp³-hybridized carbons (Fsp3) is 0.370. The number of methoxy groups -OCH3 is 1. The Kier molecular flexibility index (Phi) is 7.19. The molecule has 0 unspecified atom stereocenters. The zero-order valence-corrected chi connectivity index (χ0v) is 21.8. The van der Waals surface area contributed by atoms with Gasteiger partial charge in [-0.1, -0.05) is 6.07 Å². The van der Waals surface area contributed by atoms with Crippen molar-refractivity contribution >= 4 is 5.91 Å². The third kappa shape index (κ3) is 5.61. The standard InChI is InChI=1S/C27H30N8O4/c1-37-24-3-2-22-15-25(24)39-11-8-33(26(36)18-34-19-29-30-31-34)17-21-12-20(16-32-6-9-38-10-7-32)13-23(14-21)35-5-4-28-27(22)35/h2-5,12-15,19H,6-11,16-18H2,1H3. The number of carbonyl (C=O) groups is 1. The van der Waals surface area contributed by atoms with E-state index in [2.05, 4.69) is 48.2 Å². The Morgan fingerprint density at radius 2 is 1.97 bits per heavy atom. The van der Waals surface area contributed by atoms with E-state index in [9.17, 15) is 4.79 Å². The van der Waals surface area contributed by atoms with Crippen LogP contribution in [0.15, 0.2) is 55.1 Å². The number of hydrogen-bond acceptors (Lipinski definition) is 9. The van der Waals surface area contributed by atoms with Gasteiger partial charge in [-0.15, -0.1) is 5.10 Å². The highest BCUT2D eigenvalue weighted by Crippen LogP contribution is 2.33. The van der Waals surface area contributed by atoms with Crippen molar-refractivity contribution in [3.63, 3.8) is 0 Å². The molecule has 4 heterocycles. The summed E-state index contributed by atoms with van der Waals surface area (Å²) in [7, 11) is 1.61. The van der Waals surface area contributed by atoms with Crippen LogP contribution in [-0.4, -0.2) is 92.0 Å². The molecule has 12 heteroatoms. The van der Waals surface area contributed by atoms with E-state index in [1.807, 2.05) is 24.4 Å². The van der Waals surface area contributed by atoms with Crippen LogP contribution < -0.4 is 9.47 Å². The van der Waals surface area contributed by atoms with E-state index in [4.69, 9.17) is 14.2 Å². The maximum atomic E-state index is 13.4. The Labute approximate surface area is 225 Å². The van der Waals surface area contributed by atoms with E-state index in [1.165, 1.54) is 16.6 Å². The first kappa shape index (κ1) is 25.0. The molecule has 2 aliphatic rings. The smallest absolute Gasteiger partial charge is 0.244 e. The molecule has 6 rings (SSSR count). The summed E-state index contributed by atoms with van der Waals surface area (Å²) in [5, 5.41) is 11.2. The van der Waals surface area contributed by atoms with Crippen molar-refractivity contribution in [3.8, 4) is 28.6 Å². The fourth-order valence-corrected chi connectivity index (χ4v) is 5.01. The van der Waals surface area contributed by atoms with E-state index in [0.717, 1.165) is 55.5 Å². The van der Waals surface area contributed by atoms with Crippen molar-refractivity contribution in [1.29, 1.82) is 0 Å². The summed E-state index contributed by atoms with van der Waals surface area (Å²) in [4.78, 5) is 22.2. The lowest BCUT2D eigenvalue weighted by molar-refractivity contribution is -0.133. The second-order valence-electron chi connectivity index (χ2n) is 9.55. The van der Waals surface area contributed by atoms with Gasteiger partial charge in [0.1, 0.15) is 25.3 Å². The predicted molar refractivity (Wildman–Crippen MR) is 140 cm³/mol. The van der Waals surface area contributed by atoms with E-state index < -0.39 is 0 Å². The van der Waals surface area contributed by atoms with Crippen LogP contribution in [-0.2, 0) is 29.2 Å². The molecular formula is C27H30N8O4. The molecule has 1 saturated heterocycles. The van der Waals surface area contributed by atoms with Gasteiger partial charge in [0.2, 0.25) is 5.91 Å². The van der Waals surface area contributed by atoms with Crippen LogP contribution in [0.1, 0.15) is 11.1 Å². The van der Waals surface area contributed by atoms with Crippen molar-refractivity contribution in [2.24, 2.45) is 0 Å². The number of imidazole rings is 1. The molecule has 0 saturated carbocycles. The number of ether oxygens (including phenoxy) is 3. The van der Waals surface area contributed by atoms with Crippen molar-refractivity contribution in [2.45, 2.75) is 19.6 Å². The van der Waals surface area contributed by atoms with Crippen molar-refractivity contribution in [2.75, 3.05) is 46.6 Å². The molecule has 4 aromatic rings. The molecule has 4 bridgehead atoms. The van der Waals surface area contributed by atoms with Gasteiger partial charge in [0.15, 0.2) is 11.5 Å². The van der Waals surface area contributed by atoms with Gasteiger partial charge in [0.25, 0.3) is 0 Å². The van der Waals surface area contributed by atoms with Crippen LogP contribution in [0.3, 0.4) is 0 Å². The summed E-state index contributed by atoms with van der Waals surface area (Å²) in [6.07, 6.45) is 5.19. The quantitative estimate of drug-likeness (QED) is 0.381. The van der Waals surface area contributed by atoms with Crippen molar-refractivity contribution in [1.82, 2.24) is 39.6 Å². The van der Waals surface area contributed by atoms with E-state index in [1.54, 1.807) is 18.2 Å². The number of fused-ring (bicyclic) bond motifs is 7. The summed E-state index contributed by atoms with van der Waals surface area (Å²) in [6.45, 7) is 5.15. The Bertz CT molecular complexity index is 1430. The summed E-state index contributed by atoms with van der Waals surface area (Å²) in [5.74, 6) is 1.90. The first-order valence-corrected chi connectivity index (χ1v) is 12.9. The number of morpholine rings is 1. The predicted octanol–water partition coefficient (Wildman–Crippen LogP) is 1.79. The molecule has 39 heavy (non-hydrogen) atoms. The molecule has 2 aliphatic heterocycles. The zero-order chi connectivity index (χ0) is 26.6. The van der Waals surface area contributed by atoms with E-state index >= 15 is 0 Å². The van der Waals surface area contributed by atoms with Crippen LogP contribution in [0.4, 0.5) is 0 Å². The minimum Gasteiger partial charge on any atom is -0.493 e. The fourth-order valence-electron chi connectivity index (χ4n) is 5.01. The van der Waals surface area contributed by atoms with Gasteiger partial charge >= 0.3 is 0 Å². The largest absolute Gasteiger partial charge is 0.493 e. The Morgan fingerprint density at radius 1 is 1.08 bits per heavy atom. The third-order valence-electron chi connectivity index (χ3n) is 6.92. The SMILES string of the molecule is COc1ccc2cc1OCCN(C(=O)Cn1cnnn1)Cc1cc(CN3CCOCC3)cc(c1)-n1ccnc1-2. The minimum absolute atomic E-state index is 0.0395. The lowest BCUT2D eigenvalue weighted by Gasteiger charge is -2.27. The number of amides is 1. The Hall–Kier alpha value is -4.29. The summed E-state index contributed by atoms with van der Waals surface area (Å²) in [5.41, 5.74) is 4.07. The molecule has 0 atom stereocenters. The molecule has 1 fully saturated rings. The van der Waals surface area contributed by atoms with E-state index in [-0.39, 0.29) is 19.1 Å². The number of aromatic nitrogens is 6. The first-order valence-electron chi connectivity index (χ1n) is 12.9. The molecule has 2 aromatic heterocycles. The highest BCUT2D eigenvalue weighted by Gasteiger charge is 2.20. The van der Waals surface area contributed by atoms with E-state index in [0.29, 0.717) is 24.6 Å². The molecule has 2 aromatic carbocycles. The number of carbonyl (C=O) groups excluding carboxylic acids is 1. The maximum Gasteiger partial charge on any atom is 0.244 e. The number of tetrazole rings is 1. The lowest BCUT2D eigenvalue weighted by atomic mass is 10.1. The number of hydrogen-bond donors (Lipinski definition) is 0. The molecule has 12 nitrogen and oxygen atoms in total. The molecule has 1 amide bonds. The van der Waals surface area contributed by atoms with Gasteiger partial charge in [0, 0.05) is 49.8 Å².